The largest absolute Gasteiger partial charge is 0.421 e. The summed E-state index contributed by atoms with van der Waals surface area (Å²) in [5.74, 6) is 1.03. The zero-order valence-electron chi connectivity index (χ0n) is 3.80. The number of hydrogen-bond donors (Lipinski definition) is 0. The first kappa shape index (κ1) is 4.18. The summed E-state index contributed by atoms with van der Waals surface area (Å²) in [6, 6.07) is 0. The van der Waals surface area contributed by atoms with Crippen molar-refractivity contribution >= 4 is 6.47 Å². The molecule has 0 saturated heterocycles. The molecule has 0 bridgehead atoms. The average molecular weight is 100 g/mol. The van der Waals surface area contributed by atoms with Crippen molar-refractivity contribution in [1.82, 2.24) is 0 Å². The third kappa shape index (κ3) is 0.707. The SMILES string of the molecule is CC1=C(OC=O)O1. The van der Waals surface area contributed by atoms with Gasteiger partial charge in [0.15, 0.2) is 5.76 Å². The van der Waals surface area contributed by atoms with Crippen molar-refractivity contribution in [3.8, 4) is 0 Å². The van der Waals surface area contributed by atoms with Crippen LogP contribution in [0.25, 0.3) is 0 Å². The van der Waals surface area contributed by atoms with E-state index in [0.29, 0.717) is 18.2 Å². The fourth-order valence-corrected chi connectivity index (χ4v) is 0.264. The maximum atomic E-state index is 9.46. The summed E-state index contributed by atoms with van der Waals surface area (Å²) in [6.07, 6.45) is 0. The van der Waals surface area contributed by atoms with Crippen molar-refractivity contribution in [1.29, 1.82) is 0 Å². The molecule has 0 saturated carbocycles. The minimum atomic E-state index is 0.339. The maximum absolute atomic E-state index is 9.46. The van der Waals surface area contributed by atoms with E-state index in [0.717, 1.165) is 0 Å². The summed E-state index contributed by atoms with van der Waals surface area (Å²) in [7, 11) is 0. The van der Waals surface area contributed by atoms with Gasteiger partial charge in [-0.25, -0.2) is 0 Å². The summed E-state index contributed by atoms with van der Waals surface area (Å²) < 4.78 is 8.78. The number of allylic oxidation sites excluding steroid dienone is 1. The van der Waals surface area contributed by atoms with E-state index in [4.69, 9.17) is 0 Å². The lowest BCUT2D eigenvalue weighted by Gasteiger charge is -1.74. The highest BCUT2D eigenvalue weighted by molar-refractivity contribution is 5.40. The van der Waals surface area contributed by atoms with Gasteiger partial charge in [0.1, 0.15) is 0 Å². The molecule has 0 aromatic heterocycles. The van der Waals surface area contributed by atoms with E-state index >= 15 is 0 Å². The molecule has 0 spiro atoms. The average Bonchev–Trinajstić information content (AvgIpc) is 2.22. The standard InChI is InChI=1S/C4H4O3/c1-3-4(7-3)6-2-5/h2H,1H3. The smallest absolute Gasteiger partial charge is 0.332 e. The van der Waals surface area contributed by atoms with Gasteiger partial charge in [0, 0.05) is 6.92 Å². The number of rotatable bonds is 2. The molecule has 0 unspecified atom stereocenters. The van der Waals surface area contributed by atoms with Crippen LogP contribution in [0.1, 0.15) is 6.92 Å². The monoisotopic (exact) mass is 100 g/mol. The molecule has 1 aliphatic heterocycles. The van der Waals surface area contributed by atoms with Gasteiger partial charge in [-0.15, -0.1) is 0 Å². The van der Waals surface area contributed by atoms with E-state index in [1.807, 2.05) is 0 Å². The fourth-order valence-electron chi connectivity index (χ4n) is 0.264. The van der Waals surface area contributed by atoms with E-state index in [9.17, 15) is 4.79 Å². The molecule has 0 aromatic carbocycles. The lowest BCUT2D eigenvalue weighted by Crippen LogP contribution is -1.73. The van der Waals surface area contributed by atoms with Gasteiger partial charge in [-0.1, -0.05) is 0 Å². The Balaban J connectivity index is 2.31. The Labute approximate surface area is 40.5 Å². The molecule has 0 fully saturated rings. The molecule has 0 aromatic rings. The highest BCUT2D eigenvalue weighted by Crippen LogP contribution is 2.24. The summed E-state index contributed by atoms with van der Waals surface area (Å²) in [4.78, 5) is 9.46. The normalized spacial score (nSPS) is 15.6. The van der Waals surface area contributed by atoms with E-state index in [1.54, 1.807) is 6.92 Å². The van der Waals surface area contributed by atoms with Crippen molar-refractivity contribution < 1.29 is 14.3 Å². The third-order valence-corrected chi connectivity index (χ3v) is 0.647. The second-order valence-electron chi connectivity index (χ2n) is 1.16. The number of hydrogen-bond acceptors (Lipinski definition) is 3. The Morgan fingerprint density at radius 2 is 2.43 bits per heavy atom. The molecular formula is C4H4O3. The first-order valence-corrected chi connectivity index (χ1v) is 1.83. The predicted molar refractivity (Wildman–Crippen MR) is 20.9 cm³/mol. The number of carbonyl (C=O) groups is 1. The van der Waals surface area contributed by atoms with Crippen molar-refractivity contribution in [2.75, 3.05) is 0 Å². The van der Waals surface area contributed by atoms with Gasteiger partial charge >= 0.3 is 12.4 Å². The quantitative estimate of drug-likeness (QED) is 0.471. The lowest BCUT2D eigenvalue weighted by molar-refractivity contribution is -0.126. The van der Waals surface area contributed by atoms with Gasteiger partial charge in [-0.3, -0.25) is 4.79 Å². The van der Waals surface area contributed by atoms with E-state index < -0.39 is 0 Å². The first-order valence-electron chi connectivity index (χ1n) is 1.83. The van der Waals surface area contributed by atoms with E-state index in [-0.39, 0.29) is 0 Å². The first-order chi connectivity index (χ1) is 3.34. The summed E-state index contributed by atoms with van der Waals surface area (Å²) in [6.45, 7) is 2.06. The highest BCUT2D eigenvalue weighted by atomic mass is 16.7. The van der Waals surface area contributed by atoms with E-state index in [1.165, 1.54) is 0 Å². The summed E-state index contributed by atoms with van der Waals surface area (Å²) >= 11 is 0. The van der Waals surface area contributed by atoms with Crippen molar-refractivity contribution in [2.45, 2.75) is 6.92 Å². The number of carbonyl (C=O) groups excluding carboxylic acids is 1. The van der Waals surface area contributed by atoms with Gasteiger partial charge in [-0.05, 0) is 0 Å². The maximum Gasteiger partial charge on any atom is 0.332 e. The van der Waals surface area contributed by atoms with Crippen LogP contribution in [0, 0.1) is 0 Å². The molecule has 1 heterocycles. The molecule has 7 heavy (non-hydrogen) atoms. The molecule has 0 radical (unpaired) electrons. The van der Waals surface area contributed by atoms with Crippen molar-refractivity contribution in [3.05, 3.63) is 11.7 Å². The zero-order valence-corrected chi connectivity index (χ0v) is 3.80. The molecule has 0 amide bonds. The molecule has 38 valence electrons. The summed E-state index contributed by atoms with van der Waals surface area (Å²) in [5, 5.41) is 0. The van der Waals surface area contributed by atoms with Gasteiger partial charge < -0.3 is 9.47 Å². The van der Waals surface area contributed by atoms with E-state index in [2.05, 4.69) is 9.47 Å². The van der Waals surface area contributed by atoms with Crippen molar-refractivity contribution in [2.24, 2.45) is 0 Å². The molecule has 1 aliphatic rings. The van der Waals surface area contributed by atoms with Gasteiger partial charge in [0.25, 0.3) is 0 Å². The minimum absolute atomic E-state index is 0.339. The minimum Gasteiger partial charge on any atom is -0.421 e. The second-order valence-corrected chi connectivity index (χ2v) is 1.16. The van der Waals surface area contributed by atoms with Gasteiger partial charge in [0.05, 0.1) is 0 Å². The lowest BCUT2D eigenvalue weighted by atomic mass is 10.7. The Kier molecular flexibility index (Phi) is 0.749. The highest BCUT2D eigenvalue weighted by Gasteiger charge is 2.21. The molecule has 1 rings (SSSR count). The Bertz CT molecular complexity index is 125. The molecular weight excluding hydrogens is 96.0 g/mol. The second kappa shape index (κ2) is 1.26. The molecule has 0 atom stereocenters. The Morgan fingerprint density at radius 3 is 2.57 bits per heavy atom. The van der Waals surface area contributed by atoms with Crippen LogP contribution in [0.2, 0.25) is 0 Å². The number of ether oxygens (including phenoxy) is 2. The molecule has 0 N–H and O–H groups in total. The topological polar surface area (TPSA) is 38.8 Å². The van der Waals surface area contributed by atoms with Gasteiger partial charge in [-0.2, -0.15) is 0 Å². The van der Waals surface area contributed by atoms with Crippen molar-refractivity contribution in [3.63, 3.8) is 0 Å². The van der Waals surface area contributed by atoms with Gasteiger partial charge in [0.2, 0.25) is 0 Å². The van der Waals surface area contributed by atoms with Crippen LogP contribution in [-0.4, -0.2) is 6.47 Å². The third-order valence-electron chi connectivity index (χ3n) is 0.647. The predicted octanol–water partition coefficient (Wildman–Crippen LogP) is 0.379. The van der Waals surface area contributed by atoms with Crippen LogP contribution < -0.4 is 0 Å². The van der Waals surface area contributed by atoms with Crippen LogP contribution in [0.5, 0.6) is 0 Å². The van der Waals surface area contributed by atoms with Crippen LogP contribution in [-0.2, 0) is 14.3 Å². The molecule has 3 heteroatoms. The zero-order chi connectivity index (χ0) is 5.28. The van der Waals surface area contributed by atoms with Crippen LogP contribution in [0.15, 0.2) is 11.7 Å². The van der Waals surface area contributed by atoms with Crippen LogP contribution in [0.3, 0.4) is 0 Å². The Hall–Kier alpha value is -0.990. The summed E-state index contributed by atoms with van der Waals surface area (Å²) in [5.41, 5.74) is 0. The van der Waals surface area contributed by atoms with Crippen LogP contribution in [0.4, 0.5) is 0 Å². The molecule has 0 aliphatic carbocycles. The molecule has 3 nitrogen and oxygen atoms in total. The fraction of sp³-hybridized carbons (Fsp3) is 0.250. The van der Waals surface area contributed by atoms with Crippen LogP contribution >= 0.6 is 0 Å². The Morgan fingerprint density at radius 1 is 1.86 bits per heavy atom.